The Morgan fingerprint density at radius 1 is 1.14 bits per heavy atom. The number of benzene rings is 1. The van der Waals surface area contributed by atoms with Crippen LogP contribution in [0, 0.1) is 13.8 Å². The molecule has 1 aromatic carbocycles. The van der Waals surface area contributed by atoms with E-state index in [9.17, 15) is 9.59 Å². The lowest BCUT2D eigenvalue weighted by molar-refractivity contribution is -0.115. The quantitative estimate of drug-likeness (QED) is 0.358. The summed E-state index contributed by atoms with van der Waals surface area (Å²) in [7, 11) is 0. The molecule has 0 bridgehead atoms. The molecule has 1 aliphatic rings. The number of carbonyl (C=O) groups is 2. The van der Waals surface area contributed by atoms with Crippen LogP contribution in [0.5, 0.6) is 11.5 Å². The molecule has 5 rings (SSSR count). The second-order valence-corrected chi connectivity index (χ2v) is 9.99. The molecule has 7 nitrogen and oxygen atoms in total. The monoisotopic (exact) mass is 506 g/mol. The van der Waals surface area contributed by atoms with E-state index in [-0.39, 0.29) is 18.2 Å². The number of nitrogens with zero attached hydrogens (tertiary/aromatic N) is 3. The van der Waals surface area contributed by atoms with Crippen molar-refractivity contribution in [1.29, 1.82) is 0 Å². The largest absolute Gasteiger partial charge is 0.456 e. The Bertz CT molecular complexity index is 1430. The highest BCUT2D eigenvalue weighted by atomic mass is 35.5. The highest BCUT2D eigenvalue weighted by Crippen LogP contribution is 2.36. The van der Waals surface area contributed by atoms with Crippen LogP contribution in [0.15, 0.2) is 48.7 Å². The fourth-order valence-electron chi connectivity index (χ4n) is 3.90. The summed E-state index contributed by atoms with van der Waals surface area (Å²) in [5.41, 5.74) is 3.27. The van der Waals surface area contributed by atoms with Gasteiger partial charge in [0.25, 0.3) is 5.91 Å². The molecule has 35 heavy (non-hydrogen) atoms. The maximum atomic E-state index is 12.6. The third-order valence-corrected chi connectivity index (χ3v) is 7.18. The second-order valence-electron chi connectivity index (χ2n) is 8.53. The van der Waals surface area contributed by atoms with Crippen LogP contribution < -0.4 is 10.1 Å². The van der Waals surface area contributed by atoms with Crippen molar-refractivity contribution in [2.75, 3.05) is 18.4 Å². The van der Waals surface area contributed by atoms with Gasteiger partial charge in [-0.2, -0.15) is 0 Å². The minimum Gasteiger partial charge on any atom is -0.456 e. The fourth-order valence-corrected chi connectivity index (χ4v) is 5.17. The van der Waals surface area contributed by atoms with E-state index < -0.39 is 0 Å². The molecule has 2 amide bonds. The number of rotatable bonds is 6. The van der Waals surface area contributed by atoms with Crippen LogP contribution >= 0.6 is 22.9 Å². The summed E-state index contributed by atoms with van der Waals surface area (Å²) in [5.74, 6) is 1.49. The molecule has 0 atom stereocenters. The number of aryl methyl sites for hydroxylation is 2. The van der Waals surface area contributed by atoms with Gasteiger partial charge in [-0.3, -0.25) is 14.6 Å². The van der Waals surface area contributed by atoms with Crippen molar-refractivity contribution in [3.63, 3.8) is 0 Å². The van der Waals surface area contributed by atoms with Crippen LogP contribution in [0.1, 0.15) is 32.9 Å². The Morgan fingerprint density at radius 2 is 1.97 bits per heavy atom. The van der Waals surface area contributed by atoms with E-state index >= 15 is 0 Å². The number of hydrogen-bond donors (Lipinski definition) is 1. The van der Waals surface area contributed by atoms with Gasteiger partial charge in [-0.1, -0.05) is 17.7 Å². The van der Waals surface area contributed by atoms with Gasteiger partial charge in [-0.05, 0) is 61.7 Å². The molecule has 178 valence electrons. The molecule has 1 N–H and O–H groups in total. The molecular formula is C26H23ClN4O3S. The minimum absolute atomic E-state index is 0.0342. The van der Waals surface area contributed by atoms with Crippen molar-refractivity contribution in [1.82, 2.24) is 14.9 Å². The van der Waals surface area contributed by atoms with E-state index in [1.165, 1.54) is 11.3 Å². The average molecular weight is 507 g/mol. The Balaban J connectivity index is 1.30. The summed E-state index contributed by atoms with van der Waals surface area (Å²) in [5, 5.41) is 3.25. The number of nitrogens with one attached hydrogen (secondary N) is 1. The van der Waals surface area contributed by atoms with E-state index in [2.05, 4.69) is 15.3 Å². The molecule has 1 aliphatic heterocycles. The Hall–Kier alpha value is -3.49. The maximum Gasteiger partial charge on any atom is 0.264 e. The number of carbonyl (C=O) groups excluding carboxylic acids is 2. The molecule has 1 fully saturated rings. The minimum atomic E-state index is -0.202. The summed E-state index contributed by atoms with van der Waals surface area (Å²) in [6.45, 7) is 5.44. The molecule has 0 unspecified atom stereocenters. The van der Waals surface area contributed by atoms with Gasteiger partial charge < -0.3 is 15.0 Å². The number of halogens is 1. The number of hydrogen-bond acceptors (Lipinski definition) is 6. The van der Waals surface area contributed by atoms with Gasteiger partial charge in [0, 0.05) is 36.1 Å². The first-order chi connectivity index (χ1) is 16.9. The van der Waals surface area contributed by atoms with Crippen molar-refractivity contribution >= 4 is 50.8 Å². The van der Waals surface area contributed by atoms with Gasteiger partial charge >= 0.3 is 0 Å². The van der Waals surface area contributed by atoms with Crippen molar-refractivity contribution in [2.45, 2.75) is 26.7 Å². The van der Waals surface area contributed by atoms with Crippen LogP contribution in [0.4, 0.5) is 5.82 Å². The van der Waals surface area contributed by atoms with Crippen molar-refractivity contribution in [2.24, 2.45) is 0 Å². The lowest BCUT2D eigenvalue weighted by atomic mass is 10.1. The number of likely N-dealkylation sites (tertiary alicyclic amines) is 1. The molecule has 0 spiro atoms. The molecule has 0 aliphatic carbocycles. The first-order valence-electron chi connectivity index (χ1n) is 11.2. The van der Waals surface area contributed by atoms with Gasteiger partial charge in [0.2, 0.25) is 5.91 Å². The van der Waals surface area contributed by atoms with Crippen molar-refractivity contribution in [3.8, 4) is 11.5 Å². The molecular weight excluding hydrogens is 484 g/mol. The van der Waals surface area contributed by atoms with Crippen molar-refractivity contribution < 1.29 is 14.3 Å². The van der Waals surface area contributed by atoms with Gasteiger partial charge in [0.05, 0.1) is 21.5 Å². The van der Waals surface area contributed by atoms with E-state index in [1.54, 1.807) is 30.5 Å². The predicted octanol–water partition coefficient (Wildman–Crippen LogP) is 5.78. The Morgan fingerprint density at radius 3 is 2.69 bits per heavy atom. The predicted molar refractivity (Wildman–Crippen MR) is 138 cm³/mol. The Kier molecular flexibility index (Phi) is 6.40. The summed E-state index contributed by atoms with van der Waals surface area (Å²) in [6, 6.07) is 12.6. The number of fused-ring (bicyclic) bond motifs is 1. The second kappa shape index (κ2) is 9.64. The summed E-state index contributed by atoms with van der Waals surface area (Å²) < 4.78 is 6.90. The lowest BCUT2D eigenvalue weighted by Crippen LogP contribution is -2.41. The molecule has 4 heterocycles. The number of amides is 2. The number of thiophene rings is 1. The zero-order valence-corrected chi connectivity index (χ0v) is 20.9. The van der Waals surface area contributed by atoms with Crippen LogP contribution in [0.3, 0.4) is 0 Å². The highest BCUT2D eigenvalue weighted by Gasteiger charge is 2.24. The summed E-state index contributed by atoms with van der Waals surface area (Å²) >= 11 is 7.86. The van der Waals surface area contributed by atoms with Gasteiger partial charge in [0.15, 0.2) is 0 Å². The zero-order chi connectivity index (χ0) is 24.5. The molecule has 0 radical (unpaired) electrons. The topological polar surface area (TPSA) is 84.4 Å². The smallest absolute Gasteiger partial charge is 0.264 e. The standard InChI is InChI=1S/C26H23ClN4O3S/c1-15-10-16(2)29-23(11-15)30-24(32)12-17-4-5-18(13-19(17)27)34-21-6-7-28-20-14-22(35-25(20)21)26(33)31-8-3-9-31/h4-7,10-11,13-14H,3,8-9,12H2,1-2H3,(H,29,30,32). The molecule has 4 aromatic rings. The van der Waals surface area contributed by atoms with Crippen LogP contribution in [-0.2, 0) is 11.2 Å². The molecule has 1 saturated heterocycles. The number of pyridine rings is 2. The molecule has 9 heteroatoms. The van der Waals surface area contributed by atoms with Gasteiger partial charge in [0.1, 0.15) is 17.3 Å². The fraction of sp³-hybridized carbons (Fsp3) is 0.231. The van der Waals surface area contributed by atoms with Crippen molar-refractivity contribution in [3.05, 3.63) is 75.4 Å². The van der Waals surface area contributed by atoms with Gasteiger partial charge in [-0.25, -0.2) is 4.98 Å². The maximum absolute atomic E-state index is 12.6. The first kappa shape index (κ1) is 23.3. The van der Waals surface area contributed by atoms with Crippen LogP contribution in [-0.4, -0.2) is 39.8 Å². The Labute approximate surface area is 211 Å². The van der Waals surface area contributed by atoms with Gasteiger partial charge in [-0.15, -0.1) is 11.3 Å². The van der Waals surface area contributed by atoms with Crippen LogP contribution in [0.2, 0.25) is 5.02 Å². The SMILES string of the molecule is Cc1cc(C)nc(NC(=O)Cc2ccc(Oc3ccnc4cc(C(=O)N5CCC5)sc34)cc2Cl)c1. The van der Waals surface area contributed by atoms with E-state index in [0.29, 0.717) is 32.8 Å². The van der Waals surface area contributed by atoms with E-state index in [1.807, 2.05) is 36.9 Å². The summed E-state index contributed by atoms with van der Waals surface area (Å²) in [4.78, 5) is 36.3. The molecule has 3 aromatic heterocycles. The third-order valence-electron chi connectivity index (χ3n) is 5.70. The number of ether oxygens (including phenoxy) is 1. The zero-order valence-electron chi connectivity index (χ0n) is 19.3. The molecule has 0 saturated carbocycles. The van der Waals surface area contributed by atoms with Crippen LogP contribution in [0.25, 0.3) is 10.2 Å². The van der Waals surface area contributed by atoms with E-state index in [4.69, 9.17) is 16.3 Å². The lowest BCUT2D eigenvalue weighted by Gasteiger charge is -2.30. The average Bonchev–Trinajstić information content (AvgIpc) is 3.19. The summed E-state index contributed by atoms with van der Waals surface area (Å²) in [6.07, 6.45) is 2.81. The third kappa shape index (κ3) is 5.13. The van der Waals surface area contributed by atoms with E-state index in [0.717, 1.165) is 41.0 Å². The normalized spacial score (nSPS) is 12.9. The highest BCUT2D eigenvalue weighted by molar-refractivity contribution is 7.21. The number of anilines is 1. The number of aromatic nitrogens is 2. The first-order valence-corrected chi connectivity index (χ1v) is 12.4.